The summed E-state index contributed by atoms with van der Waals surface area (Å²) >= 11 is 5.92. The summed E-state index contributed by atoms with van der Waals surface area (Å²) in [6.45, 7) is 0. The van der Waals surface area contributed by atoms with Gasteiger partial charge in [0, 0.05) is 17.3 Å². The van der Waals surface area contributed by atoms with Gasteiger partial charge in [0.25, 0.3) is 0 Å². The molecule has 1 aromatic heterocycles. The van der Waals surface area contributed by atoms with Crippen LogP contribution in [-0.2, 0) is 16.6 Å². The first kappa shape index (κ1) is 12.2. The van der Waals surface area contributed by atoms with Gasteiger partial charge < -0.3 is 0 Å². The average molecular weight is 270 g/mol. The van der Waals surface area contributed by atoms with Crippen LogP contribution in [0.5, 0.6) is 0 Å². The molecule has 0 aliphatic carbocycles. The van der Waals surface area contributed by atoms with Crippen molar-refractivity contribution in [2.24, 2.45) is 0 Å². The maximum absolute atomic E-state index is 12.7. The second-order valence-electron chi connectivity index (χ2n) is 3.41. The van der Waals surface area contributed by atoms with E-state index in [2.05, 4.69) is 4.98 Å². The molecule has 0 radical (unpaired) electrons. The summed E-state index contributed by atoms with van der Waals surface area (Å²) in [7, 11) is -1.23. The van der Waals surface area contributed by atoms with Crippen molar-refractivity contribution in [3.63, 3.8) is 0 Å². The van der Waals surface area contributed by atoms with Crippen LogP contribution < -0.4 is 0 Å². The molecule has 1 unspecified atom stereocenters. The summed E-state index contributed by atoms with van der Waals surface area (Å²) < 4.78 is 24.7. The van der Waals surface area contributed by atoms with Crippen LogP contribution in [0, 0.1) is 5.82 Å². The molecule has 1 heterocycles. The van der Waals surface area contributed by atoms with E-state index in [0.717, 1.165) is 5.56 Å². The second kappa shape index (κ2) is 5.38. The van der Waals surface area contributed by atoms with Crippen molar-refractivity contribution in [2.45, 2.75) is 10.6 Å². The number of benzene rings is 1. The zero-order valence-electron chi connectivity index (χ0n) is 8.77. The first-order valence-corrected chi connectivity index (χ1v) is 6.59. The molecule has 88 valence electrons. The van der Waals surface area contributed by atoms with E-state index in [0.29, 0.717) is 15.7 Å². The summed E-state index contributed by atoms with van der Waals surface area (Å²) in [5.74, 6) is -0.0415. The molecular formula is C12H9ClFNOS. The second-order valence-corrected chi connectivity index (χ2v) is 5.27. The van der Waals surface area contributed by atoms with Crippen LogP contribution in [-0.4, -0.2) is 9.19 Å². The number of hydrogen-bond acceptors (Lipinski definition) is 2. The summed E-state index contributed by atoms with van der Waals surface area (Å²) in [4.78, 5) is 4.44. The first-order valence-electron chi connectivity index (χ1n) is 4.89. The summed E-state index contributed by atoms with van der Waals surface area (Å²) in [5, 5.41) is 0.489. The zero-order chi connectivity index (χ0) is 12.3. The fourth-order valence-electron chi connectivity index (χ4n) is 1.33. The number of pyridine rings is 1. The Hall–Kier alpha value is -1.26. The highest BCUT2D eigenvalue weighted by atomic mass is 35.5. The quantitative estimate of drug-likeness (QED) is 0.857. The first-order chi connectivity index (χ1) is 8.16. The third kappa shape index (κ3) is 3.11. The molecule has 0 bridgehead atoms. The molecule has 0 aliphatic rings. The largest absolute Gasteiger partial charge is 0.263 e. The SMILES string of the molecule is O=S(Cc1ccncc1Cl)c1ccc(F)cc1. The molecule has 1 atom stereocenters. The number of rotatable bonds is 3. The van der Waals surface area contributed by atoms with Crippen molar-refractivity contribution >= 4 is 22.4 Å². The van der Waals surface area contributed by atoms with E-state index in [9.17, 15) is 8.60 Å². The van der Waals surface area contributed by atoms with Crippen LogP contribution in [0.25, 0.3) is 0 Å². The van der Waals surface area contributed by atoms with Crippen LogP contribution in [0.3, 0.4) is 0 Å². The molecule has 2 nitrogen and oxygen atoms in total. The molecular weight excluding hydrogens is 261 g/mol. The Morgan fingerprint density at radius 3 is 2.59 bits per heavy atom. The Kier molecular flexibility index (Phi) is 3.86. The summed E-state index contributed by atoms with van der Waals surface area (Å²) in [6.07, 6.45) is 3.11. The predicted molar refractivity (Wildman–Crippen MR) is 65.8 cm³/mol. The maximum Gasteiger partial charge on any atom is 0.123 e. The number of nitrogens with zero attached hydrogens (tertiary/aromatic N) is 1. The number of aromatic nitrogens is 1. The van der Waals surface area contributed by atoms with E-state index in [1.54, 1.807) is 12.3 Å². The van der Waals surface area contributed by atoms with Crippen LogP contribution in [0.2, 0.25) is 5.02 Å². The topological polar surface area (TPSA) is 30.0 Å². The lowest BCUT2D eigenvalue weighted by Crippen LogP contribution is -1.97. The Balaban J connectivity index is 2.17. The lowest BCUT2D eigenvalue weighted by atomic mass is 10.3. The minimum atomic E-state index is -1.23. The van der Waals surface area contributed by atoms with Gasteiger partial charge in [-0.3, -0.25) is 9.19 Å². The van der Waals surface area contributed by atoms with Gasteiger partial charge in [-0.2, -0.15) is 0 Å². The molecule has 0 saturated heterocycles. The van der Waals surface area contributed by atoms with Crippen LogP contribution in [0.4, 0.5) is 4.39 Å². The maximum atomic E-state index is 12.7. The van der Waals surface area contributed by atoms with Gasteiger partial charge in [-0.25, -0.2) is 4.39 Å². The Morgan fingerprint density at radius 1 is 1.24 bits per heavy atom. The van der Waals surface area contributed by atoms with Gasteiger partial charge in [-0.1, -0.05) is 11.6 Å². The van der Waals surface area contributed by atoms with Gasteiger partial charge >= 0.3 is 0 Å². The van der Waals surface area contributed by atoms with E-state index in [4.69, 9.17) is 11.6 Å². The fraction of sp³-hybridized carbons (Fsp3) is 0.0833. The fourth-order valence-corrected chi connectivity index (χ4v) is 2.74. The highest BCUT2D eigenvalue weighted by Crippen LogP contribution is 2.18. The standard InChI is InChI=1S/C12H9ClFNOS/c13-12-7-15-6-5-9(12)8-17(16)11-3-1-10(14)2-4-11/h1-7H,8H2. The van der Waals surface area contributed by atoms with Gasteiger partial charge in [0.2, 0.25) is 0 Å². The van der Waals surface area contributed by atoms with Crippen LogP contribution in [0.15, 0.2) is 47.6 Å². The minimum Gasteiger partial charge on any atom is -0.263 e. The number of hydrogen-bond donors (Lipinski definition) is 0. The molecule has 2 aromatic rings. The third-order valence-corrected chi connectivity index (χ3v) is 3.93. The van der Waals surface area contributed by atoms with Gasteiger partial charge in [-0.05, 0) is 35.9 Å². The van der Waals surface area contributed by atoms with E-state index in [-0.39, 0.29) is 5.82 Å². The van der Waals surface area contributed by atoms with E-state index in [1.807, 2.05) is 0 Å². The molecule has 0 N–H and O–H groups in total. The highest BCUT2D eigenvalue weighted by Gasteiger charge is 2.08. The molecule has 0 saturated carbocycles. The summed E-state index contributed by atoms with van der Waals surface area (Å²) in [6, 6.07) is 7.34. The Labute approximate surface area is 106 Å². The van der Waals surface area contributed by atoms with Crippen LogP contribution in [0.1, 0.15) is 5.56 Å². The normalized spacial score (nSPS) is 12.4. The number of halogens is 2. The van der Waals surface area contributed by atoms with E-state index < -0.39 is 10.8 Å². The smallest absolute Gasteiger partial charge is 0.123 e. The van der Waals surface area contributed by atoms with Gasteiger partial charge in [0.05, 0.1) is 21.6 Å². The van der Waals surface area contributed by atoms with E-state index >= 15 is 0 Å². The predicted octanol–water partition coefficient (Wildman–Crippen LogP) is 3.18. The lowest BCUT2D eigenvalue weighted by molar-refractivity contribution is 0.626. The lowest BCUT2D eigenvalue weighted by Gasteiger charge is -2.04. The van der Waals surface area contributed by atoms with Crippen molar-refractivity contribution in [2.75, 3.05) is 0 Å². The highest BCUT2D eigenvalue weighted by molar-refractivity contribution is 7.84. The molecule has 0 amide bonds. The average Bonchev–Trinajstić information content (AvgIpc) is 2.33. The monoisotopic (exact) mass is 269 g/mol. The molecule has 5 heteroatoms. The van der Waals surface area contributed by atoms with Gasteiger partial charge in [0.15, 0.2) is 0 Å². The van der Waals surface area contributed by atoms with Crippen molar-refractivity contribution in [3.05, 3.63) is 59.1 Å². The molecule has 1 aromatic carbocycles. The molecule has 0 spiro atoms. The van der Waals surface area contributed by atoms with Crippen molar-refractivity contribution in [1.82, 2.24) is 4.98 Å². The molecule has 0 fully saturated rings. The zero-order valence-corrected chi connectivity index (χ0v) is 10.3. The Morgan fingerprint density at radius 2 is 1.94 bits per heavy atom. The van der Waals surface area contributed by atoms with Crippen molar-refractivity contribution in [3.8, 4) is 0 Å². The van der Waals surface area contributed by atoms with Crippen LogP contribution >= 0.6 is 11.6 Å². The molecule has 2 rings (SSSR count). The van der Waals surface area contributed by atoms with Crippen molar-refractivity contribution in [1.29, 1.82) is 0 Å². The molecule has 17 heavy (non-hydrogen) atoms. The van der Waals surface area contributed by atoms with E-state index in [1.165, 1.54) is 30.5 Å². The summed E-state index contributed by atoms with van der Waals surface area (Å²) in [5.41, 5.74) is 0.768. The minimum absolute atomic E-state index is 0.299. The molecule has 0 aliphatic heterocycles. The van der Waals surface area contributed by atoms with Gasteiger partial charge in [-0.15, -0.1) is 0 Å². The Bertz CT molecular complexity index is 544. The van der Waals surface area contributed by atoms with Gasteiger partial charge in [0.1, 0.15) is 5.82 Å². The van der Waals surface area contributed by atoms with Crippen molar-refractivity contribution < 1.29 is 8.60 Å². The third-order valence-electron chi connectivity index (χ3n) is 2.22.